The van der Waals surface area contributed by atoms with Gasteiger partial charge in [0.15, 0.2) is 0 Å². The molecule has 0 atom stereocenters. The molecule has 0 fully saturated rings. The number of hydrogen-bond acceptors (Lipinski definition) is 5. The van der Waals surface area contributed by atoms with Crippen molar-refractivity contribution in [1.82, 2.24) is 5.16 Å². The molecule has 0 radical (unpaired) electrons. The van der Waals surface area contributed by atoms with Crippen LogP contribution in [-0.4, -0.2) is 24.5 Å². The van der Waals surface area contributed by atoms with Crippen molar-refractivity contribution in [1.29, 1.82) is 0 Å². The first-order valence-corrected chi connectivity index (χ1v) is 8.75. The first-order valence-electron chi connectivity index (χ1n) is 8.75. The van der Waals surface area contributed by atoms with Crippen LogP contribution in [0.1, 0.15) is 0 Å². The highest BCUT2D eigenvalue weighted by atomic mass is 16.5. The minimum Gasteiger partial charge on any atom is -0.507 e. The van der Waals surface area contributed by atoms with Crippen molar-refractivity contribution in [3.8, 4) is 50.6 Å². The van der Waals surface area contributed by atoms with Gasteiger partial charge in [-0.15, -0.1) is 0 Å². The minimum atomic E-state index is 0.155. The van der Waals surface area contributed by atoms with Gasteiger partial charge in [0.2, 0.25) is 0 Å². The fourth-order valence-electron chi connectivity index (χ4n) is 3.21. The Morgan fingerprint density at radius 2 is 1.36 bits per heavy atom. The summed E-state index contributed by atoms with van der Waals surface area (Å²) in [5, 5.41) is 14.6. The number of benzene rings is 3. The molecule has 140 valence electrons. The third-order valence-corrected chi connectivity index (χ3v) is 4.66. The lowest BCUT2D eigenvalue weighted by molar-refractivity contribution is 0.415. The molecule has 0 saturated carbocycles. The van der Waals surface area contributed by atoms with E-state index < -0.39 is 0 Å². The maximum Gasteiger partial charge on any atom is 0.131 e. The Bertz CT molecular complexity index is 1070. The van der Waals surface area contributed by atoms with Crippen molar-refractivity contribution in [2.45, 2.75) is 0 Å². The van der Waals surface area contributed by atoms with Crippen LogP contribution in [0.3, 0.4) is 0 Å². The van der Waals surface area contributed by atoms with Crippen LogP contribution in [0.5, 0.6) is 17.2 Å². The lowest BCUT2D eigenvalue weighted by atomic mass is 9.91. The molecule has 0 aliphatic heterocycles. The van der Waals surface area contributed by atoms with E-state index in [0.717, 1.165) is 33.8 Å². The molecule has 1 N–H and O–H groups in total. The van der Waals surface area contributed by atoms with Crippen LogP contribution in [-0.2, 0) is 0 Å². The van der Waals surface area contributed by atoms with Gasteiger partial charge in [-0.25, -0.2) is 0 Å². The molecule has 1 aromatic heterocycles. The number of rotatable bonds is 5. The van der Waals surface area contributed by atoms with Gasteiger partial charge in [-0.2, -0.15) is 0 Å². The Hall–Kier alpha value is -3.73. The van der Waals surface area contributed by atoms with Crippen molar-refractivity contribution in [2.75, 3.05) is 14.2 Å². The Balaban J connectivity index is 1.89. The Morgan fingerprint density at radius 3 is 1.89 bits per heavy atom. The van der Waals surface area contributed by atoms with Crippen molar-refractivity contribution in [3.63, 3.8) is 0 Å². The number of methoxy groups -OCH3 is 2. The van der Waals surface area contributed by atoms with Crippen molar-refractivity contribution < 1.29 is 19.1 Å². The molecule has 5 nitrogen and oxygen atoms in total. The average Bonchev–Trinajstić information content (AvgIpc) is 3.27. The van der Waals surface area contributed by atoms with E-state index in [1.165, 1.54) is 6.26 Å². The highest BCUT2D eigenvalue weighted by Gasteiger charge is 2.17. The summed E-state index contributed by atoms with van der Waals surface area (Å²) in [4.78, 5) is 0. The van der Waals surface area contributed by atoms with E-state index in [2.05, 4.69) is 5.16 Å². The number of ether oxygens (including phenoxy) is 2. The smallest absolute Gasteiger partial charge is 0.131 e. The Kier molecular flexibility index (Phi) is 4.72. The number of phenolic OH excluding ortho intramolecular Hbond substituents is 1. The standard InChI is InChI=1S/C23H19NO4/c1-26-19-7-3-15(4-8-19)17-11-21(16-5-9-20(27-2)10-6-16)23(22(25)12-17)18-13-24-28-14-18/h3-14,25H,1-2H3. The van der Waals surface area contributed by atoms with Gasteiger partial charge in [0.25, 0.3) is 0 Å². The summed E-state index contributed by atoms with van der Waals surface area (Å²) < 4.78 is 15.5. The summed E-state index contributed by atoms with van der Waals surface area (Å²) in [6.07, 6.45) is 3.12. The number of nitrogens with zero attached hydrogens (tertiary/aromatic N) is 1. The van der Waals surface area contributed by atoms with Gasteiger partial charge in [-0.3, -0.25) is 0 Å². The lowest BCUT2D eigenvalue weighted by Crippen LogP contribution is -1.89. The van der Waals surface area contributed by atoms with E-state index in [4.69, 9.17) is 14.0 Å². The lowest BCUT2D eigenvalue weighted by Gasteiger charge is -2.14. The summed E-state index contributed by atoms with van der Waals surface area (Å²) in [7, 11) is 3.27. The van der Waals surface area contributed by atoms with E-state index in [1.54, 1.807) is 26.5 Å². The van der Waals surface area contributed by atoms with Crippen molar-refractivity contribution in [3.05, 3.63) is 73.1 Å². The molecule has 0 aliphatic carbocycles. The quantitative estimate of drug-likeness (QED) is 0.507. The molecule has 3 aromatic carbocycles. The third kappa shape index (κ3) is 3.30. The largest absolute Gasteiger partial charge is 0.507 e. The number of aromatic nitrogens is 1. The molecule has 5 heteroatoms. The fourth-order valence-corrected chi connectivity index (χ4v) is 3.21. The SMILES string of the molecule is COc1ccc(-c2cc(O)c(-c3cnoc3)c(-c3ccc(OC)cc3)c2)cc1. The maximum atomic E-state index is 10.8. The second kappa shape index (κ2) is 7.48. The Labute approximate surface area is 162 Å². The summed E-state index contributed by atoms with van der Waals surface area (Å²) in [5.41, 5.74) is 5.07. The first kappa shape index (κ1) is 17.7. The number of hydrogen-bond donors (Lipinski definition) is 1. The molecular weight excluding hydrogens is 354 g/mol. The van der Waals surface area contributed by atoms with Crippen LogP contribution >= 0.6 is 0 Å². The molecule has 0 spiro atoms. The first-order chi connectivity index (χ1) is 13.7. The molecular formula is C23H19NO4. The fraction of sp³-hybridized carbons (Fsp3) is 0.0870. The van der Waals surface area contributed by atoms with Gasteiger partial charge >= 0.3 is 0 Å². The molecule has 4 rings (SSSR count). The third-order valence-electron chi connectivity index (χ3n) is 4.66. The highest BCUT2D eigenvalue weighted by Crippen LogP contribution is 2.42. The molecule has 0 bridgehead atoms. The summed E-state index contributed by atoms with van der Waals surface area (Å²) in [6.45, 7) is 0. The molecule has 1 heterocycles. The van der Waals surface area contributed by atoms with E-state index in [0.29, 0.717) is 11.1 Å². The monoisotopic (exact) mass is 373 g/mol. The normalized spacial score (nSPS) is 10.6. The number of phenols is 1. The summed E-state index contributed by atoms with van der Waals surface area (Å²) >= 11 is 0. The van der Waals surface area contributed by atoms with E-state index in [1.807, 2.05) is 54.6 Å². The van der Waals surface area contributed by atoms with Gasteiger partial charge in [-0.1, -0.05) is 29.4 Å². The highest BCUT2D eigenvalue weighted by molar-refractivity contribution is 5.90. The van der Waals surface area contributed by atoms with E-state index in [9.17, 15) is 5.11 Å². The zero-order valence-electron chi connectivity index (χ0n) is 15.5. The molecule has 0 unspecified atom stereocenters. The molecule has 0 saturated heterocycles. The summed E-state index contributed by atoms with van der Waals surface area (Å²) in [5.74, 6) is 1.71. The van der Waals surface area contributed by atoms with E-state index >= 15 is 0 Å². The van der Waals surface area contributed by atoms with Crippen molar-refractivity contribution >= 4 is 0 Å². The van der Waals surface area contributed by atoms with Gasteiger partial charge in [0.05, 0.1) is 20.4 Å². The zero-order valence-corrected chi connectivity index (χ0v) is 15.5. The van der Waals surface area contributed by atoms with E-state index in [-0.39, 0.29) is 5.75 Å². The molecule has 0 amide bonds. The molecule has 4 aromatic rings. The zero-order chi connectivity index (χ0) is 19.5. The van der Waals surface area contributed by atoms with Crippen molar-refractivity contribution in [2.24, 2.45) is 0 Å². The topological polar surface area (TPSA) is 64.7 Å². The predicted molar refractivity (Wildman–Crippen MR) is 108 cm³/mol. The van der Waals surface area contributed by atoms with Crippen LogP contribution in [0.25, 0.3) is 33.4 Å². The Morgan fingerprint density at radius 1 is 0.750 bits per heavy atom. The van der Waals surface area contributed by atoms with Gasteiger partial charge in [0.1, 0.15) is 23.5 Å². The minimum absolute atomic E-state index is 0.155. The van der Waals surface area contributed by atoms with Crippen LogP contribution in [0.15, 0.2) is 77.6 Å². The number of aromatic hydroxyl groups is 1. The van der Waals surface area contributed by atoms with Gasteiger partial charge in [0, 0.05) is 11.1 Å². The van der Waals surface area contributed by atoms with Crippen LogP contribution in [0.2, 0.25) is 0 Å². The van der Waals surface area contributed by atoms with Crippen LogP contribution < -0.4 is 9.47 Å². The predicted octanol–water partition coefficient (Wildman–Crippen LogP) is 5.40. The molecule has 28 heavy (non-hydrogen) atoms. The van der Waals surface area contributed by atoms with Gasteiger partial charge in [-0.05, 0) is 58.7 Å². The van der Waals surface area contributed by atoms with Crippen LogP contribution in [0.4, 0.5) is 0 Å². The maximum absolute atomic E-state index is 10.8. The molecule has 0 aliphatic rings. The second-order valence-electron chi connectivity index (χ2n) is 6.29. The second-order valence-corrected chi connectivity index (χ2v) is 6.29. The van der Waals surface area contributed by atoms with Crippen LogP contribution in [0, 0.1) is 0 Å². The average molecular weight is 373 g/mol. The van der Waals surface area contributed by atoms with Gasteiger partial charge < -0.3 is 19.1 Å². The summed E-state index contributed by atoms with van der Waals surface area (Å²) in [6, 6.07) is 19.2.